The molecular formula is C16H16N2O. The third-order valence-electron chi connectivity index (χ3n) is 3.28. The van der Waals surface area contributed by atoms with E-state index in [1.54, 1.807) is 6.07 Å². The molecule has 3 nitrogen and oxygen atoms in total. The zero-order valence-corrected chi connectivity index (χ0v) is 10.7. The van der Waals surface area contributed by atoms with Crippen molar-refractivity contribution in [2.24, 2.45) is 0 Å². The van der Waals surface area contributed by atoms with Crippen molar-refractivity contribution in [3.63, 3.8) is 0 Å². The zero-order chi connectivity index (χ0) is 13.2. The molecule has 2 aromatic rings. The van der Waals surface area contributed by atoms with Gasteiger partial charge in [-0.2, -0.15) is 0 Å². The summed E-state index contributed by atoms with van der Waals surface area (Å²) in [6.07, 6.45) is 1.86. The Kier molecular flexibility index (Phi) is 2.88. The van der Waals surface area contributed by atoms with Crippen molar-refractivity contribution < 1.29 is 5.11 Å². The molecule has 0 radical (unpaired) electrons. The molecule has 3 rings (SSSR count). The van der Waals surface area contributed by atoms with Crippen LogP contribution in [0.15, 0.2) is 54.7 Å². The second-order valence-corrected chi connectivity index (χ2v) is 4.73. The summed E-state index contributed by atoms with van der Waals surface area (Å²) in [5.74, 6) is 0.313. The lowest BCUT2D eigenvalue weighted by Gasteiger charge is -2.16. The fourth-order valence-electron chi connectivity index (χ4n) is 2.26. The van der Waals surface area contributed by atoms with E-state index in [0.29, 0.717) is 5.75 Å². The second-order valence-electron chi connectivity index (χ2n) is 4.73. The van der Waals surface area contributed by atoms with Crippen LogP contribution in [-0.2, 0) is 0 Å². The minimum absolute atomic E-state index is 0.0872. The Hall–Kier alpha value is -2.42. The molecule has 1 heterocycles. The van der Waals surface area contributed by atoms with Gasteiger partial charge in [0.25, 0.3) is 0 Å². The molecule has 96 valence electrons. The molecular weight excluding hydrogens is 236 g/mol. The van der Waals surface area contributed by atoms with Crippen LogP contribution in [0.4, 0.5) is 0 Å². The van der Waals surface area contributed by atoms with Gasteiger partial charge in [-0.3, -0.25) is 0 Å². The lowest BCUT2D eigenvalue weighted by molar-refractivity contribution is 0.453. The summed E-state index contributed by atoms with van der Waals surface area (Å²) in [7, 11) is 0. The van der Waals surface area contributed by atoms with Crippen molar-refractivity contribution in [1.82, 2.24) is 10.6 Å². The first-order chi connectivity index (χ1) is 9.24. The molecule has 1 atom stereocenters. The minimum atomic E-state index is -0.0872. The van der Waals surface area contributed by atoms with Crippen molar-refractivity contribution in [3.8, 4) is 5.75 Å². The summed E-state index contributed by atoms with van der Waals surface area (Å²) in [6, 6.07) is 15.8. The molecule has 0 saturated heterocycles. The van der Waals surface area contributed by atoms with E-state index < -0.39 is 0 Å². The van der Waals surface area contributed by atoms with E-state index in [1.807, 2.05) is 43.5 Å². The standard InChI is InChI=1S/C16H16N2O/c1-11-7-8-13(15(19)9-11)16-17-10-14(18-16)12-5-3-2-4-6-12/h2-10,16-19H,1H3. The number of phenolic OH excluding ortho intramolecular Hbond substituents is 1. The Labute approximate surface area is 112 Å². The van der Waals surface area contributed by atoms with Crippen LogP contribution in [0.5, 0.6) is 5.75 Å². The number of benzene rings is 2. The van der Waals surface area contributed by atoms with Crippen LogP contribution in [-0.4, -0.2) is 5.11 Å². The van der Waals surface area contributed by atoms with Gasteiger partial charge in [0, 0.05) is 11.8 Å². The molecule has 1 unspecified atom stereocenters. The first-order valence-corrected chi connectivity index (χ1v) is 6.32. The number of phenols is 1. The highest BCUT2D eigenvalue weighted by molar-refractivity contribution is 5.66. The van der Waals surface area contributed by atoms with Gasteiger partial charge in [-0.15, -0.1) is 0 Å². The summed E-state index contributed by atoms with van der Waals surface area (Å²) in [6.45, 7) is 1.96. The van der Waals surface area contributed by atoms with Gasteiger partial charge in [0.1, 0.15) is 11.9 Å². The van der Waals surface area contributed by atoms with Gasteiger partial charge < -0.3 is 15.7 Å². The largest absolute Gasteiger partial charge is 0.508 e. The van der Waals surface area contributed by atoms with Crippen molar-refractivity contribution in [1.29, 1.82) is 0 Å². The molecule has 2 aromatic carbocycles. The van der Waals surface area contributed by atoms with Crippen LogP contribution in [0.2, 0.25) is 0 Å². The second kappa shape index (κ2) is 4.69. The predicted molar refractivity (Wildman–Crippen MR) is 76.3 cm³/mol. The van der Waals surface area contributed by atoms with E-state index >= 15 is 0 Å². The molecule has 1 aliphatic heterocycles. The van der Waals surface area contributed by atoms with Crippen LogP contribution in [0, 0.1) is 6.92 Å². The molecule has 0 fully saturated rings. The van der Waals surface area contributed by atoms with Crippen molar-refractivity contribution in [2.75, 3.05) is 0 Å². The fraction of sp³-hybridized carbons (Fsp3) is 0.125. The van der Waals surface area contributed by atoms with Crippen LogP contribution in [0.3, 0.4) is 0 Å². The van der Waals surface area contributed by atoms with E-state index in [9.17, 15) is 5.11 Å². The summed E-state index contributed by atoms with van der Waals surface area (Å²) < 4.78 is 0. The van der Waals surface area contributed by atoms with E-state index in [-0.39, 0.29) is 6.17 Å². The smallest absolute Gasteiger partial charge is 0.126 e. The summed E-state index contributed by atoms with van der Waals surface area (Å²) >= 11 is 0. The van der Waals surface area contributed by atoms with E-state index in [1.165, 1.54) is 0 Å². The average Bonchev–Trinajstić information content (AvgIpc) is 2.89. The number of nitrogens with one attached hydrogen (secondary N) is 2. The van der Waals surface area contributed by atoms with Crippen molar-refractivity contribution in [2.45, 2.75) is 13.1 Å². The maximum atomic E-state index is 10.0. The topological polar surface area (TPSA) is 44.3 Å². The SMILES string of the molecule is Cc1ccc(C2NC=C(c3ccccc3)N2)c(O)c1. The Morgan fingerprint density at radius 1 is 1.05 bits per heavy atom. The Morgan fingerprint density at radius 3 is 2.58 bits per heavy atom. The molecule has 3 heteroatoms. The third kappa shape index (κ3) is 2.27. The summed E-state index contributed by atoms with van der Waals surface area (Å²) in [4.78, 5) is 0. The molecule has 19 heavy (non-hydrogen) atoms. The Bertz CT molecular complexity index is 620. The van der Waals surface area contributed by atoms with Gasteiger partial charge >= 0.3 is 0 Å². The van der Waals surface area contributed by atoms with Crippen molar-refractivity contribution >= 4 is 5.70 Å². The van der Waals surface area contributed by atoms with Crippen molar-refractivity contribution in [3.05, 3.63) is 71.4 Å². The zero-order valence-electron chi connectivity index (χ0n) is 10.7. The van der Waals surface area contributed by atoms with Gasteiger partial charge in [0.05, 0.1) is 5.70 Å². The molecule has 0 bridgehead atoms. The number of rotatable bonds is 2. The quantitative estimate of drug-likeness (QED) is 0.770. The lowest BCUT2D eigenvalue weighted by Crippen LogP contribution is -2.22. The van der Waals surface area contributed by atoms with Crippen LogP contribution >= 0.6 is 0 Å². The monoisotopic (exact) mass is 252 g/mol. The fourth-order valence-corrected chi connectivity index (χ4v) is 2.26. The Balaban J connectivity index is 1.81. The number of aromatic hydroxyl groups is 1. The normalized spacial score (nSPS) is 17.5. The van der Waals surface area contributed by atoms with Gasteiger partial charge in [-0.1, -0.05) is 42.5 Å². The van der Waals surface area contributed by atoms with Gasteiger partial charge in [0.15, 0.2) is 0 Å². The lowest BCUT2D eigenvalue weighted by atomic mass is 10.1. The summed E-state index contributed by atoms with van der Waals surface area (Å²) in [5.41, 5.74) is 4.07. The molecule has 3 N–H and O–H groups in total. The molecule has 0 saturated carbocycles. The van der Waals surface area contributed by atoms with Gasteiger partial charge in [-0.25, -0.2) is 0 Å². The van der Waals surface area contributed by atoms with E-state index in [2.05, 4.69) is 22.8 Å². The minimum Gasteiger partial charge on any atom is -0.508 e. The maximum Gasteiger partial charge on any atom is 0.126 e. The molecule has 0 aliphatic carbocycles. The maximum absolute atomic E-state index is 10.0. The van der Waals surface area contributed by atoms with Crippen LogP contribution in [0.1, 0.15) is 22.9 Å². The molecule has 1 aliphatic rings. The Morgan fingerprint density at radius 2 is 1.84 bits per heavy atom. The summed E-state index contributed by atoms with van der Waals surface area (Å²) in [5, 5.41) is 16.6. The van der Waals surface area contributed by atoms with Gasteiger partial charge in [-0.05, 0) is 24.1 Å². The predicted octanol–water partition coefficient (Wildman–Crippen LogP) is 2.89. The first-order valence-electron chi connectivity index (χ1n) is 6.32. The number of hydrogen-bond donors (Lipinski definition) is 3. The van der Waals surface area contributed by atoms with E-state index in [4.69, 9.17) is 0 Å². The average molecular weight is 252 g/mol. The molecule has 0 spiro atoms. The highest BCUT2D eigenvalue weighted by atomic mass is 16.3. The van der Waals surface area contributed by atoms with E-state index in [0.717, 1.165) is 22.4 Å². The number of hydrogen-bond acceptors (Lipinski definition) is 3. The number of aryl methyl sites for hydroxylation is 1. The van der Waals surface area contributed by atoms with Gasteiger partial charge in [0.2, 0.25) is 0 Å². The first kappa shape index (κ1) is 11.7. The highest BCUT2D eigenvalue weighted by Gasteiger charge is 2.20. The molecule has 0 aromatic heterocycles. The van der Waals surface area contributed by atoms with Crippen LogP contribution in [0.25, 0.3) is 5.70 Å². The highest BCUT2D eigenvalue weighted by Crippen LogP contribution is 2.28. The molecule has 0 amide bonds. The third-order valence-corrected chi connectivity index (χ3v) is 3.28. The van der Waals surface area contributed by atoms with Crippen LogP contribution < -0.4 is 10.6 Å².